The number of pyridine rings is 2. The van der Waals surface area contributed by atoms with Gasteiger partial charge in [-0.15, -0.1) is 0 Å². The lowest BCUT2D eigenvalue weighted by Crippen LogP contribution is -2.23. The van der Waals surface area contributed by atoms with Crippen molar-refractivity contribution >= 4 is 17.2 Å². The summed E-state index contributed by atoms with van der Waals surface area (Å²) in [7, 11) is 0. The monoisotopic (exact) mass is 414 g/mol. The zero-order valence-corrected chi connectivity index (χ0v) is 16.9. The van der Waals surface area contributed by atoms with Gasteiger partial charge in [0, 0.05) is 6.20 Å². The first-order chi connectivity index (χ1) is 14.9. The summed E-state index contributed by atoms with van der Waals surface area (Å²) in [4.78, 5) is 21.5. The lowest BCUT2D eigenvalue weighted by atomic mass is 9.92. The number of nitrogens with two attached hydrogens (primary N) is 1. The van der Waals surface area contributed by atoms with E-state index in [2.05, 4.69) is 15.3 Å². The number of aryl methyl sites for hydroxylation is 1. The van der Waals surface area contributed by atoms with E-state index < -0.39 is 11.9 Å². The highest BCUT2D eigenvalue weighted by molar-refractivity contribution is 5.75. The Kier molecular flexibility index (Phi) is 5.09. The van der Waals surface area contributed by atoms with Gasteiger partial charge >= 0.3 is 0 Å². The number of halogens is 1. The van der Waals surface area contributed by atoms with Gasteiger partial charge in [-0.05, 0) is 42.7 Å². The Morgan fingerprint density at radius 1 is 1.19 bits per heavy atom. The summed E-state index contributed by atoms with van der Waals surface area (Å²) in [6.45, 7) is 3.75. The molecule has 0 amide bonds. The second-order valence-electron chi connectivity index (χ2n) is 7.15. The normalized spacial score (nSPS) is 11.8. The second-order valence-corrected chi connectivity index (χ2v) is 7.15. The predicted molar refractivity (Wildman–Crippen MR) is 117 cm³/mol. The SMILES string of the molecule is Cc1c([C@H](C)Nc2ncnc(N)c2C#N)c(-c2ccccc2)c(=O)n2cc(F)ccc12. The molecule has 1 atom stereocenters. The van der Waals surface area contributed by atoms with Crippen molar-refractivity contribution in [2.75, 3.05) is 11.1 Å². The first-order valence-electron chi connectivity index (χ1n) is 9.59. The molecule has 31 heavy (non-hydrogen) atoms. The van der Waals surface area contributed by atoms with E-state index in [-0.39, 0.29) is 22.8 Å². The number of nitrogens with zero attached hydrogens (tertiary/aromatic N) is 4. The van der Waals surface area contributed by atoms with E-state index in [0.29, 0.717) is 16.6 Å². The highest BCUT2D eigenvalue weighted by Crippen LogP contribution is 2.33. The quantitative estimate of drug-likeness (QED) is 0.525. The minimum absolute atomic E-state index is 0.0706. The van der Waals surface area contributed by atoms with Gasteiger partial charge in [-0.2, -0.15) is 5.26 Å². The summed E-state index contributed by atoms with van der Waals surface area (Å²) >= 11 is 0. The number of nitrogen functional groups attached to an aromatic ring is 1. The highest BCUT2D eigenvalue weighted by atomic mass is 19.1. The topological polar surface area (TPSA) is 109 Å². The van der Waals surface area contributed by atoms with Crippen LogP contribution in [-0.2, 0) is 0 Å². The first-order valence-corrected chi connectivity index (χ1v) is 9.59. The maximum absolute atomic E-state index is 13.9. The zero-order valence-electron chi connectivity index (χ0n) is 16.9. The van der Waals surface area contributed by atoms with E-state index in [9.17, 15) is 14.4 Å². The molecule has 4 rings (SSSR count). The van der Waals surface area contributed by atoms with Crippen LogP contribution in [0.4, 0.5) is 16.0 Å². The smallest absolute Gasteiger partial charge is 0.263 e. The molecule has 0 bridgehead atoms. The Morgan fingerprint density at radius 3 is 2.65 bits per heavy atom. The van der Waals surface area contributed by atoms with Crippen molar-refractivity contribution in [3.05, 3.63) is 87.9 Å². The van der Waals surface area contributed by atoms with Gasteiger partial charge in [0.2, 0.25) is 0 Å². The Balaban J connectivity index is 1.98. The molecule has 1 aromatic carbocycles. The number of nitriles is 1. The molecule has 0 saturated carbocycles. The summed E-state index contributed by atoms with van der Waals surface area (Å²) < 4.78 is 15.2. The van der Waals surface area contributed by atoms with E-state index in [1.54, 1.807) is 6.07 Å². The van der Waals surface area contributed by atoms with E-state index >= 15 is 0 Å². The number of nitrogens with one attached hydrogen (secondary N) is 1. The average Bonchev–Trinajstić information content (AvgIpc) is 2.76. The van der Waals surface area contributed by atoms with Gasteiger partial charge in [-0.3, -0.25) is 9.20 Å². The average molecular weight is 414 g/mol. The molecule has 8 heteroatoms. The number of hydrogen-bond acceptors (Lipinski definition) is 6. The molecule has 7 nitrogen and oxygen atoms in total. The molecule has 0 fully saturated rings. The van der Waals surface area contributed by atoms with Gasteiger partial charge in [0.05, 0.1) is 17.1 Å². The molecule has 0 saturated heterocycles. The third-order valence-corrected chi connectivity index (χ3v) is 5.24. The van der Waals surface area contributed by atoms with Gasteiger partial charge in [0.15, 0.2) is 0 Å². The van der Waals surface area contributed by atoms with E-state index in [0.717, 1.165) is 11.1 Å². The van der Waals surface area contributed by atoms with Crippen molar-refractivity contribution in [1.29, 1.82) is 5.26 Å². The van der Waals surface area contributed by atoms with Gasteiger partial charge in [0.25, 0.3) is 5.56 Å². The van der Waals surface area contributed by atoms with Gasteiger partial charge in [-0.25, -0.2) is 14.4 Å². The van der Waals surface area contributed by atoms with Crippen LogP contribution >= 0.6 is 0 Å². The number of hydrogen-bond donors (Lipinski definition) is 2. The van der Waals surface area contributed by atoms with Crippen LogP contribution in [0.15, 0.2) is 59.8 Å². The molecule has 154 valence electrons. The van der Waals surface area contributed by atoms with Gasteiger partial charge in [-0.1, -0.05) is 30.3 Å². The van der Waals surface area contributed by atoms with Crippen LogP contribution < -0.4 is 16.6 Å². The Labute approximate surface area is 177 Å². The maximum Gasteiger partial charge on any atom is 0.263 e. The van der Waals surface area contributed by atoms with Crippen LogP contribution in [0.1, 0.15) is 29.7 Å². The number of aromatic nitrogens is 3. The summed E-state index contributed by atoms with van der Waals surface area (Å²) in [5.41, 5.74) is 8.88. The zero-order chi connectivity index (χ0) is 22.1. The minimum Gasteiger partial charge on any atom is -0.382 e. The first kappa shape index (κ1) is 20.0. The van der Waals surface area contributed by atoms with E-state index in [1.165, 1.54) is 23.0 Å². The van der Waals surface area contributed by atoms with Gasteiger partial charge < -0.3 is 11.1 Å². The van der Waals surface area contributed by atoms with Crippen LogP contribution in [0.25, 0.3) is 16.6 Å². The molecule has 3 aromatic heterocycles. The summed E-state index contributed by atoms with van der Waals surface area (Å²) in [6.07, 6.45) is 2.46. The molecule has 3 N–H and O–H groups in total. The third-order valence-electron chi connectivity index (χ3n) is 5.24. The molecule has 0 aliphatic heterocycles. The van der Waals surface area contributed by atoms with Crippen LogP contribution in [0.3, 0.4) is 0 Å². The molecular weight excluding hydrogens is 395 g/mol. The van der Waals surface area contributed by atoms with Crippen molar-refractivity contribution in [1.82, 2.24) is 14.4 Å². The second kappa shape index (κ2) is 7.88. The summed E-state index contributed by atoms with van der Waals surface area (Å²) in [6, 6.07) is 13.7. The third kappa shape index (κ3) is 3.46. The highest BCUT2D eigenvalue weighted by Gasteiger charge is 2.23. The number of benzene rings is 1. The van der Waals surface area contributed by atoms with E-state index in [4.69, 9.17) is 5.73 Å². The van der Waals surface area contributed by atoms with Crippen LogP contribution in [0, 0.1) is 24.1 Å². The van der Waals surface area contributed by atoms with Gasteiger partial charge in [0.1, 0.15) is 35.4 Å². The van der Waals surface area contributed by atoms with E-state index in [1.807, 2.05) is 50.2 Å². The van der Waals surface area contributed by atoms with Crippen molar-refractivity contribution in [3.8, 4) is 17.2 Å². The Bertz CT molecular complexity index is 1390. The minimum atomic E-state index is -0.498. The van der Waals surface area contributed by atoms with Crippen molar-refractivity contribution in [2.45, 2.75) is 19.9 Å². The number of rotatable bonds is 4. The van der Waals surface area contributed by atoms with Crippen LogP contribution in [-0.4, -0.2) is 14.4 Å². The van der Waals surface area contributed by atoms with Crippen LogP contribution in [0.2, 0.25) is 0 Å². The van der Waals surface area contributed by atoms with Crippen molar-refractivity contribution in [3.63, 3.8) is 0 Å². The fourth-order valence-electron chi connectivity index (χ4n) is 3.83. The standard InChI is InChI=1S/C23H19FN6O/c1-13-18-9-8-16(24)11-30(18)23(31)20(15-6-4-3-5-7-15)19(13)14(2)29-22-17(10-25)21(26)27-12-28-22/h3-9,11-12,14H,1-2H3,(H3,26,27,28,29)/t14-/m0/s1. The molecule has 0 aliphatic rings. The molecule has 0 radical (unpaired) electrons. The summed E-state index contributed by atoms with van der Waals surface area (Å²) in [5, 5.41) is 12.6. The molecule has 3 heterocycles. The predicted octanol–water partition coefficient (Wildman–Crippen LogP) is 3.83. The lowest BCUT2D eigenvalue weighted by molar-refractivity contribution is 0.618. The molecule has 0 spiro atoms. The Hall–Kier alpha value is -4.25. The molecular formula is C23H19FN6O. The summed E-state index contributed by atoms with van der Waals surface area (Å²) in [5.74, 6) is -0.150. The molecule has 0 unspecified atom stereocenters. The fourth-order valence-corrected chi connectivity index (χ4v) is 3.83. The largest absolute Gasteiger partial charge is 0.382 e. The molecule has 4 aromatic rings. The maximum atomic E-state index is 13.9. The Morgan fingerprint density at radius 2 is 1.94 bits per heavy atom. The van der Waals surface area contributed by atoms with Crippen molar-refractivity contribution in [2.24, 2.45) is 0 Å². The number of anilines is 2. The van der Waals surface area contributed by atoms with Crippen molar-refractivity contribution < 1.29 is 4.39 Å². The lowest BCUT2D eigenvalue weighted by Gasteiger charge is -2.23. The number of fused-ring (bicyclic) bond motifs is 1. The fraction of sp³-hybridized carbons (Fsp3) is 0.130. The van der Waals surface area contributed by atoms with Crippen LogP contribution in [0.5, 0.6) is 0 Å². The molecule has 0 aliphatic carbocycles.